The first-order valence-corrected chi connectivity index (χ1v) is 4.57. The van der Waals surface area contributed by atoms with Gasteiger partial charge in [-0.2, -0.15) is 0 Å². The molecule has 13 heavy (non-hydrogen) atoms. The molecule has 2 N–H and O–H groups in total. The third kappa shape index (κ3) is 1.58. The van der Waals surface area contributed by atoms with Crippen molar-refractivity contribution in [1.29, 1.82) is 0 Å². The van der Waals surface area contributed by atoms with Crippen LogP contribution >= 0.6 is 0 Å². The lowest BCUT2D eigenvalue weighted by Crippen LogP contribution is -2.21. The Morgan fingerprint density at radius 1 is 1.31 bits per heavy atom. The molecule has 0 spiro atoms. The van der Waals surface area contributed by atoms with Gasteiger partial charge < -0.3 is 10.3 Å². The van der Waals surface area contributed by atoms with E-state index in [1.165, 1.54) is 10.9 Å². The van der Waals surface area contributed by atoms with Crippen LogP contribution in [0.25, 0.3) is 10.9 Å². The molecule has 2 aromatic rings. The molecule has 1 aromatic heterocycles. The summed E-state index contributed by atoms with van der Waals surface area (Å²) < 4.78 is 2.19. The maximum absolute atomic E-state index is 5.75. The van der Waals surface area contributed by atoms with Crippen molar-refractivity contribution in [3.63, 3.8) is 0 Å². The summed E-state index contributed by atoms with van der Waals surface area (Å²) in [5.41, 5.74) is 7.02. The second-order valence-corrected chi connectivity index (χ2v) is 3.50. The van der Waals surface area contributed by atoms with E-state index in [1.807, 2.05) is 6.92 Å². The van der Waals surface area contributed by atoms with Gasteiger partial charge in [0.05, 0.1) is 0 Å². The number of nitrogens with two attached hydrogens (primary N) is 1. The molecule has 0 aliphatic heterocycles. The minimum Gasteiger partial charge on any atom is -0.346 e. The molecule has 2 rings (SSSR count). The van der Waals surface area contributed by atoms with Crippen LogP contribution in [0.3, 0.4) is 0 Å². The van der Waals surface area contributed by atoms with Crippen molar-refractivity contribution in [2.45, 2.75) is 19.5 Å². The number of para-hydroxylation sites is 1. The third-order valence-corrected chi connectivity index (χ3v) is 2.16. The Hall–Kier alpha value is -1.28. The smallest absolute Gasteiger partial charge is 0.0480 e. The lowest BCUT2D eigenvalue weighted by Gasteiger charge is -2.07. The Morgan fingerprint density at radius 3 is 2.85 bits per heavy atom. The summed E-state index contributed by atoms with van der Waals surface area (Å²) in [6.45, 7) is 2.91. The maximum atomic E-state index is 5.75. The molecule has 0 aliphatic carbocycles. The standard InChI is InChI=1S/C11H14N2/c1-9(12)8-13-7-6-10-4-2-3-5-11(10)13/h2-7,9H,8,12H2,1H3/t9-/m1/s1. The fourth-order valence-corrected chi connectivity index (χ4v) is 1.61. The van der Waals surface area contributed by atoms with E-state index < -0.39 is 0 Å². The van der Waals surface area contributed by atoms with E-state index in [2.05, 4.69) is 41.1 Å². The average molecular weight is 174 g/mol. The third-order valence-electron chi connectivity index (χ3n) is 2.16. The normalized spacial score (nSPS) is 13.4. The molecule has 0 bridgehead atoms. The lowest BCUT2D eigenvalue weighted by atomic mass is 10.2. The van der Waals surface area contributed by atoms with E-state index in [1.54, 1.807) is 0 Å². The molecule has 0 fully saturated rings. The number of benzene rings is 1. The second-order valence-electron chi connectivity index (χ2n) is 3.50. The number of hydrogen-bond acceptors (Lipinski definition) is 1. The van der Waals surface area contributed by atoms with E-state index in [0.717, 1.165) is 6.54 Å². The van der Waals surface area contributed by atoms with Crippen LogP contribution in [0.15, 0.2) is 36.5 Å². The highest BCUT2D eigenvalue weighted by Crippen LogP contribution is 2.14. The van der Waals surface area contributed by atoms with Crippen LogP contribution in [0, 0.1) is 0 Å². The molecule has 0 saturated carbocycles. The van der Waals surface area contributed by atoms with E-state index in [0.29, 0.717) is 0 Å². The molecule has 2 nitrogen and oxygen atoms in total. The Bertz CT molecular complexity index is 401. The van der Waals surface area contributed by atoms with Gasteiger partial charge in [0.1, 0.15) is 0 Å². The molecular weight excluding hydrogens is 160 g/mol. The highest BCUT2D eigenvalue weighted by atomic mass is 15.0. The quantitative estimate of drug-likeness (QED) is 0.741. The van der Waals surface area contributed by atoms with Crippen LogP contribution in [0.1, 0.15) is 6.92 Å². The Kier molecular flexibility index (Phi) is 2.07. The summed E-state index contributed by atoms with van der Waals surface area (Å²) in [4.78, 5) is 0. The highest BCUT2D eigenvalue weighted by molar-refractivity contribution is 5.79. The minimum absolute atomic E-state index is 0.204. The van der Waals surface area contributed by atoms with Gasteiger partial charge in [0.2, 0.25) is 0 Å². The predicted octanol–water partition coefficient (Wildman–Crippen LogP) is 1.99. The molecule has 1 atom stereocenters. The van der Waals surface area contributed by atoms with Crippen LogP contribution in [0.4, 0.5) is 0 Å². The van der Waals surface area contributed by atoms with E-state index >= 15 is 0 Å². The van der Waals surface area contributed by atoms with Gasteiger partial charge in [0.15, 0.2) is 0 Å². The van der Waals surface area contributed by atoms with Crippen molar-refractivity contribution in [2.75, 3.05) is 0 Å². The molecule has 1 heterocycles. The Labute approximate surface area is 78.0 Å². The lowest BCUT2D eigenvalue weighted by molar-refractivity contribution is 0.605. The molecule has 0 aliphatic rings. The van der Waals surface area contributed by atoms with Gasteiger partial charge in [-0.15, -0.1) is 0 Å². The minimum atomic E-state index is 0.204. The molecular formula is C11H14N2. The topological polar surface area (TPSA) is 30.9 Å². The second kappa shape index (κ2) is 3.23. The highest BCUT2D eigenvalue weighted by Gasteiger charge is 2.00. The molecule has 0 saturated heterocycles. The fourth-order valence-electron chi connectivity index (χ4n) is 1.61. The first-order valence-electron chi connectivity index (χ1n) is 4.57. The Morgan fingerprint density at radius 2 is 2.08 bits per heavy atom. The maximum Gasteiger partial charge on any atom is 0.0480 e. The van der Waals surface area contributed by atoms with Gasteiger partial charge >= 0.3 is 0 Å². The van der Waals surface area contributed by atoms with Crippen molar-refractivity contribution >= 4 is 10.9 Å². The monoisotopic (exact) mass is 174 g/mol. The fraction of sp³-hybridized carbons (Fsp3) is 0.273. The van der Waals surface area contributed by atoms with Crippen LogP contribution < -0.4 is 5.73 Å². The van der Waals surface area contributed by atoms with E-state index in [9.17, 15) is 0 Å². The van der Waals surface area contributed by atoms with Gasteiger partial charge in [0, 0.05) is 24.3 Å². The van der Waals surface area contributed by atoms with Crippen molar-refractivity contribution in [3.05, 3.63) is 36.5 Å². The van der Waals surface area contributed by atoms with Crippen molar-refractivity contribution in [3.8, 4) is 0 Å². The summed E-state index contributed by atoms with van der Waals surface area (Å²) in [6.07, 6.45) is 2.09. The van der Waals surface area contributed by atoms with Gasteiger partial charge in [0.25, 0.3) is 0 Å². The predicted molar refractivity (Wildman–Crippen MR) is 55.6 cm³/mol. The molecule has 1 aromatic carbocycles. The van der Waals surface area contributed by atoms with Crippen LogP contribution in [0.5, 0.6) is 0 Å². The van der Waals surface area contributed by atoms with Crippen LogP contribution in [-0.2, 0) is 6.54 Å². The summed E-state index contributed by atoms with van der Waals surface area (Å²) in [5.74, 6) is 0. The summed E-state index contributed by atoms with van der Waals surface area (Å²) in [6, 6.07) is 10.7. The van der Waals surface area contributed by atoms with E-state index in [4.69, 9.17) is 5.73 Å². The van der Waals surface area contributed by atoms with Crippen molar-refractivity contribution < 1.29 is 0 Å². The number of fused-ring (bicyclic) bond motifs is 1. The molecule has 68 valence electrons. The average Bonchev–Trinajstić information content (AvgIpc) is 2.48. The Balaban J connectivity index is 2.46. The molecule has 0 unspecified atom stereocenters. The zero-order valence-corrected chi connectivity index (χ0v) is 7.77. The number of rotatable bonds is 2. The van der Waals surface area contributed by atoms with E-state index in [-0.39, 0.29) is 6.04 Å². The van der Waals surface area contributed by atoms with Gasteiger partial charge in [-0.25, -0.2) is 0 Å². The van der Waals surface area contributed by atoms with Crippen molar-refractivity contribution in [1.82, 2.24) is 4.57 Å². The van der Waals surface area contributed by atoms with Gasteiger partial charge in [-0.05, 0) is 24.4 Å². The first kappa shape index (κ1) is 8.32. The SMILES string of the molecule is C[C@@H](N)Cn1ccc2ccccc21. The van der Waals surface area contributed by atoms with Crippen molar-refractivity contribution in [2.24, 2.45) is 5.73 Å². The number of hydrogen-bond donors (Lipinski definition) is 1. The zero-order valence-electron chi connectivity index (χ0n) is 7.77. The van der Waals surface area contributed by atoms with Gasteiger partial charge in [-0.1, -0.05) is 18.2 Å². The molecule has 2 heteroatoms. The summed E-state index contributed by atoms with van der Waals surface area (Å²) in [5, 5.41) is 1.28. The first-order chi connectivity index (χ1) is 6.27. The van der Waals surface area contributed by atoms with Crippen LogP contribution in [-0.4, -0.2) is 10.6 Å². The van der Waals surface area contributed by atoms with Gasteiger partial charge in [-0.3, -0.25) is 0 Å². The van der Waals surface area contributed by atoms with Crippen LogP contribution in [0.2, 0.25) is 0 Å². The number of aromatic nitrogens is 1. The summed E-state index contributed by atoms with van der Waals surface area (Å²) >= 11 is 0. The largest absolute Gasteiger partial charge is 0.346 e. The number of nitrogens with zero attached hydrogens (tertiary/aromatic N) is 1. The molecule has 0 radical (unpaired) electrons. The zero-order chi connectivity index (χ0) is 9.26. The summed E-state index contributed by atoms with van der Waals surface area (Å²) in [7, 11) is 0. The molecule has 0 amide bonds.